The van der Waals surface area contributed by atoms with Crippen LogP contribution in [0.2, 0.25) is 0 Å². The van der Waals surface area contributed by atoms with Gasteiger partial charge in [-0.1, -0.05) is 6.07 Å². The molecule has 0 saturated carbocycles. The van der Waals surface area contributed by atoms with E-state index in [1.54, 1.807) is 6.07 Å². The Morgan fingerprint density at radius 2 is 1.68 bits per heavy atom. The zero-order valence-electron chi connectivity index (χ0n) is 14.2. The van der Waals surface area contributed by atoms with Crippen molar-refractivity contribution in [1.29, 1.82) is 0 Å². The standard InChI is InChI=1S/C16H20N2O7/c1-9(19)24-13-5-4-11(7-14(13)25-10(2)20)6-12(16(22)23-3)18-15(21)8-17/h4-5,7,12H,6,8,17H2,1-3H3,(H,18,21)/t12-/m0/s1. The molecular weight excluding hydrogens is 332 g/mol. The molecule has 3 N–H and O–H groups in total. The average Bonchev–Trinajstić information content (AvgIpc) is 2.54. The number of ether oxygens (including phenoxy) is 3. The second-order valence-corrected chi connectivity index (χ2v) is 5.02. The van der Waals surface area contributed by atoms with Gasteiger partial charge in [-0.2, -0.15) is 0 Å². The van der Waals surface area contributed by atoms with E-state index < -0.39 is 29.9 Å². The van der Waals surface area contributed by atoms with Crippen LogP contribution < -0.4 is 20.5 Å². The summed E-state index contributed by atoms with van der Waals surface area (Å²) < 4.78 is 14.6. The summed E-state index contributed by atoms with van der Waals surface area (Å²) in [4.78, 5) is 45.6. The van der Waals surface area contributed by atoms with Crippen LogP contribution >= 0.6 is 0 Å². The first-order chi connectivity index (χ1) is 11.8. The van der Waals surface area contributed by atoms with Crippen molar-refractivity contribution in [3.63, 3.8) is 0 Å². The Bertz CT molecular complexity index is 672. The van der Waals surface area contributed by atoms with E-state index >= 15 is 0 Å². The topological polar surface area (TPSA) is 134 Å². The van der Waals surface area contributed by atoms with Gasteiger partial charge in [-0.15, -0.1) is 0 Å². The summed E-state index contributed by atoms with van der Waals surface area (Å²) >= 11 is 0. The summed E-state index contributed by atoms with van der Waals surface area (Å²) in [6.45, 7) is 2.13. The number of hydrogen-bond donors (Lipinski definition) is 2. The maximum Gasteiger partial charge on any atom is 0.328 e. The second kappa shape index (κ2) is 9.38. The largest absolute Gasteiger partial charge is 0.467 e. The normalized spacial score (nSPS) is 11.2. The first-order valence-electron chi connectivity index (χ1n) is 7.33. The quantitative estimate of drug-likeness (QED) is 0.504. The van der Waals surface area contributed by atoms with E-state index in [2.05, 4.69) is 10.1 Å². The van der Waals surface area contributed by atoms with Gasteiger partial charge in [-0.25, -0.2) is 4.79 Å². The molecule has 9 nitrogen and oxygen atoms in total. The third kappa shape index (κ3) is 6.60. The molecule has 0 bridgehead atoms. The predicted octanol–water partition coefficient (Wildman–Crippen LogP) is -0.304. The molecule has 136 valence electrons. The Balaban J connectivity index is 3.08. The van der Waals surface area contributed by atoms with Crippen LogP contribution in [-0.2, 0) is 30.3 Å². The van der Waals surface area contributed by atoms with Crippen molar-refractivity contribution in [3.05, 3.63) is 23.8 Å². The van der Waals surface area contributed by atoms with Crippen LogP contribution in [0.15, 0.2) is 18.2 Å². The smallest absolute Gasteiger partial charge is 0.328 e. The van der Waals surface area contributed by atoms with Crippen molar-refractivity contribution in [2.75, 3.05) is 13.7 Å². The Kier molecular flexibility index (Phi) is 7.54. The molecule has 0 spiro atoms. The number of amides is 1. The van der Waals surface area contributed by atoms with Crippen LogP contribution in [0.1, 0.15) is 19.4 Å². The highest BCUT2D eigenvalue weighted by molar-refractivity contribution is 5.85. The first-order valence-corrected chi connectivity index (χ1v) is 7.33. The second-order valence-electron chi connectivity index (χ2n) is 5.02. The predicted molar refractivity (Wildman–Crippen MR) is 85.8 cm³/mol. The summed E-state index contributed by atoms with van der Waals surface area (Å²) in [6.07, 6.45) is 0.0625. The third-order valence-corrected chi connectivity index (χ3v) is 2.96. The molecule has 0 heterocycles. The van der Waals surface area contributed by atoms with Gasteiger partial charge in [0.2, 0.25) is 5.91 Å². The van der Waals surface area contributed by atoms with Crippen LogP contribution in [0, 0.1) is 0 Å². The third-order valence-electron chi connectivity index (χ3n) is 2.96. The number of methoxy groups -OCH3 is 1. The molecule has 0 radical (unpaired) electrons. The summed E-state index contributed by atoms with van der Waals surface area (Å²) in [5.74, 6) is -2.27. The van der Waals surface area contributed by atoms with Gasteiger partial charge < -0.3 is 25.3 Å². The van der Waals surface area contributed by atoms with Crippen molar-refractivity contribution >= 4 is 23.8 Å². The number of nitrogens with one attached hydrogen (secondary N) is 1. The molecule has 1 aromatic carbocycles. The highest BCUT2D eigenvalue weighted by Gasteiger charge is 2.22. The minimum atomic E-state index is -0.967. The number of rotatable bonds is 7. The molecule has 0 aromatic heterocycles. The van der Waals surface area contributed by atoms with Gasteiger partial charge >= 0.3 is 17.9 Å². The average molecular weight is 352 g/mol. The Labute approximate surface area is 144 Å². The van der Waals surface area contributed by atoms with E-state index in [4.69, 9.17) is 15.2 Å². The lowest BCUT2D eigenvalue weighted by Crippen LogP contribution is -2.45. The van der Waals surface area contributed by atoms with Gasteiger partial charge in [0.25, 0.3) is 0 Å². The van der Waals surface area contributed by atoms with Crippen LogP contribution in [0.25, 0.3) is 0 Å². The molecule has 0 unspecified atom stereocenters. The molecule has 0 aliphatic rings. The number of carbonyl (C=O) groups excluding carboxylic acids is 4. The van der Waals surface area contributed by atoms with Crippen molar-refractivity contribution in [2.24, 2.45) is 5.73 Å². The molecule has 1 atom stereocenters. The molecule has 0 aliphatic heterocycles. The molecule has 0 saturated heterocycles. The number of nitrogens with two attached hydrogens (primary N) is 1. The number of hydrogen-bond acceptors (Lipinski definition) is 8. The first kappa shape index (κ1) is 20.1. The van der Waals surface area contributed by atoms with Crippen LogP contribution in [0.4, 0.5) is 0 Å². The van der Waals surface area contributed by atoms with Crippen molar-refractivity contribution < 1.29 is 33.4 Å². The van der Waals surface area contributed by atoms with Gasteiger partial charge in [0.05, 0.1) is 13.7 Å². The summed E-state index contributed by atoms with van der Waals surface area (Å²) in [5.41, 5.74) is 5.77. The van der Waals surface area contributed by atoms with Crippen molar-refractivity contribution in [2.45, 2.75) is 26.3 Å². The van der Waals surface area contributed by atoms with E-state index in [1.807, 2.05) is 0 Å². The zero-order valence-corrected chi connectivity index (χ0v) is 14.2. The molecule has 25 heavy (non-hydrogen) atoms. The van der Waals surface area contributed by atoms with Gasteiger partial charge in [0.1, 0.15) is 6.04 Å². The van der Waals surface area contributed by atoms with Gasteiger partial charge in [-0.05, 0) is 17.7 Å². The SMILES string of the molecule is COC(=O)[C@H](Cc1ccc(OC(C)=O)c(OC(C)=O)c1)NC(=O)CN. The molecular formula is C16H20N2O7. The lowest BCUT2D eigenvalue weighted by Gasteiger charge is -2.17. The highest BCUT2D eigenvalue weighted by atomic mass is 16.6. The van der Waals surface area contributed by atoms with Crippen LogP contribution in [0.5, 0.6) is 11.5 Å². The lowest BCUT2D eigenvalue weighted by atomic mass is 10.0. The molecule has 1 amide bonds. The van der Waals surface area contributed by atoms with Gasteiger partial charge in [0.15, 0.2) is 11.5 Å². The molecule has 1 aromatic rings. The van der Waals surface area contributed by atoms with E-state index in [1.165, 1.54) is 33.1 Å². The minimum absolute atomic E-state index is 0.0222. The van der Waals surface area contributed by atoms with Gasteiger partial charge in [0, 0.05) is 20.3 Å². The Morgan fingerprint density at radius 3 is 2.20 bits per heavy atom. The molecule has 1 rings (SSSR count). The maximum atomic E-state index is 11.8. The van der Waals surface area contributed by atoms with E-state index in [-0.39, 0.29) is 24.5 Å². The fourth-order valence-corrected chi connectivity index (χ4v) is 1.98. The molecule has 0 fully saturated rings. The monoisotopic (exact) mass is 352 g/mol. The summed E-state index contributed by atoms with van der Waals surface area (Å²) in [5, 5.41) is 2.44. The Hall–Kier alpha value is -2.94. The minimum Gasteiger partial charge on any atom is -0.467 e. The number of carbonyl (C=O) groups is 4. The van der Waals surface area contributed by atoms with E-state index in [0.29, 0.717) is 5.56 Å². The zero-order chi connectivity index (χ0) is 19.0. The van der Waals surface area contributed by atoms with Crippen LogP contribution in [-0.4, -0.2) is 43.5 Å². The number of benzene rings is 1. The van der Waals surface area contributed by atoms with E-state index in [9.17, 15) is 19.2 Å². The van der Waals surface area contributed by atoms with Crippen molar-refractivity contribution in [1.82, 2.24) is 5.32 Å². The fraction of sp³-hybridized carbons (Fsp3) is 0.375. The molecule has 9 heteroatoms. The highest BCUT2D eigenvalue weighted by Crippen LogP contribution is 2.29. The fourth-order valence-electron chi connectivity index (χ4n) is 1.98. The van der Waals surface area contributed by atoms with Gasteiger partial charge in [-0.3, -0.25) is 14.4 Å². The van der Waals surface area contributed by atoms with Crippen molar-refractivity contribution in [3.8, 4) is 11.5 Å². The summed E-state index contributed by atoms with van der Waals surface area (Å²) in [7, 11) is 1.19. The van der Waals surface area contributed by atoms with E-state index in [0.717, 1.165) is 0 Å². The summed E-state index contributed by atoms with van der Waals surface area (Å²) in [6, 6.07) is 3.46. The number of esters is 3. The van der Waals surface area contributed by atoms with Crippen LogP contribution in [0.3, 0.4) is 0 Å². The Morgan fingerprint density at radius 1 is 1.08 bits per heavy atom. The lowest BCUT2D eigenvalue weighted by molar-refractivity contribution is -0.144. The molecule has 0 aliphatic carbocycles. The maximum absolute atomic E-state index is 11.8.